The lowest BCUT2D eigenvalue weighted by Gasteiger charge is -2.02. The summed E-state index contributed by atoms with van der Waals surface area (Å²) in [4.78, 5) is 21.0. The number of nitrogens with zero attached hydrogens (tertiary/aromatic N) is 3. The first kappa shape index (κ1) is 12.7. The van der Waals surface area contributed by atoms with Gasteiger partial charge in [-0.05, 0) is 6.07 Å². The molecule has 98 valence electrons. The first-order chi connectivity index (χ1) is 9.02. The highest BCUT2D eigenvalue weighted by Gasteiger charge is 2.14. The number of esters is 1. The number of hydrogen-bond acceptors (Lipinski definition) is 5. The number of nitro groups is 1. The fourth-order valence-electron chi connectivity index (χ4n) is 1.47. The van der Waals surface area contributed by atoms with Gasteiger partial charge in [0.05, 0.1) is 29.9 Å². The van der Waals surface area contributed by atoms with Crippen LogP contribution in [0.3, 0.4) is 0 Å². The topological polar surface area (TPSA) is 87.3 Å². The smallest absolute Gasteiger partial charge is 0.341 e. The Bertz CT molecular complexity index is 653. The fourth-order valence-corrected chi connectivity index (χ4v) is 1.47. The Hall–Kier alpha value is -2.77. The molecule has 0 unspecified atom stereocenters. The first-order valence-corrected chi connectivity index (χ1v) is 5.10. The first-order valence-electron chi connectivity index (χ1n) is 5.10. The van der Waals surface area contributed by atoms with E-state index in [-0.39, 0.29) is 16.9 Å². The van der Waals surface area contributed by atoms with Crippen molar-refractivity contribution in [2.24, 2.45) is 0 Å². The van der Waals surface area contributed by atoms with E-state index >= 15 is 0 Å². The molecule has 8 heteroatoms. The van der Waals surface area contributed by atoms with Crippen molar-refractivity contribution >= 4 is 11.7 Å². The van der Waals surface area contributed by atoms with Gasteiger partial charge >= 0.3 is 5.97 Å². The van der Waals surface area contributed by atoms with Crippen molar-refractivity contribution < 1.29 is 18.8 Å². The number of methoxy groups -OCH3 is 1. The Kier molecular flexibility index (Phi) is 3.23. The Labute approximate surface area is 106 Å². The molecular weight excluding hydrogens is 257 g/mol. The van der Waals surface area contributed by atoms with Crippen LogP contribution in [0.4, 0.5) is 10.1 Å². The van der Waals surface area contributed by atoms with Gasteiger partial charge in [0.1, 0.15) is 5.69 Å². The lowest BCUT2D eigenvalue weighted by Crippen LogP contribution is -2.01. The zero-order valence-electron chi connectivity index (χ0n) is 9.74. The lowest BCUT2D eigenvalue weighted by atomic mass is 10.2. The maximum Gasteiger partial charge on any atom is 0.341 e. The normalized spacial score (nSPS) is 10.2. The molecule has 0 aliphatic heterocycles. The fraction of sp³-hybridized carbons (Fsp3) is 0.0909. The summed E-state index contributed by atoms with van der Waals surface area (Å²) in [6.45, 7) is 0. The number of rotatable bonds is 3. The Morgan fingerprint density at radius 1 is 1.53 bits per heavy atom. The lowest BCUT2D eigenvalue weighted by molar-refractivity contribution is -0.385. The number of halogens is 1. The highest BCUT2D eigenvalue weighted by molar-refractivity contribution is 5.88. The molecular formula is C11H8FN3O4. The van der Waals surface area contributed by atoms with Crippen LogP contribution >= 0.6 is 0 Å². The summed E-state index contributed by atoms with van der Waals surface area (Å²) in [5.74, 6) is -1.41. The molecule has 0 aliphatic rings. The van der Waals surface area contributed by atoms with Gasteiger partial charge in [-0.15, -0.1) is 0 Å². The van der Waals surface area contributed by atoms with Crippen molar-refractivity contribution in [3.8, 4) is 5.69 Å². The van der Waals surface area contributed by atoms with Gasteiger partial charge in [0, 0.05) is 12.3 Å². The molecule has 2 rings (SSSR count). The highest BCUT2D eigenvalue weighted by Crippen LogP contribution is 2.19. The van der Waals surface area contributed by atoms with Gasteiger partial charge in [-0.2, -0.15) is 5.10 Å². The van der Waals surface area contributed by atoms with E-state index in [1.165, 1.54) is 25.6 Å². The van der Waals surface area contributed by atoms with E-state index in [9.17, 15) is 19.3 Å². The van der Waals surface area contributed by atoms with Crippen LogP contribution in [-0.2, 0) is 4.74 Å². The van der Waals surface area contributed by atoms with E-state index in [4.69, 9.17) is 0 Å². The number of nitro benzene ring substituents is 1. The summed E-state index contributed by atoms with van der Waals surface area (Å²) in [7, 11) is 1.21. The van der Waals surface area contributed by atoms with Crippen LogP contribution < -0.4 is 0 Å². The number of non-ortho nitro benzene ring substituents is 1. The number of hydrogen-bond donors (Lipinski definition) is 0. The van der Waals surface area contributed by atoms with Crippen molar-refractivity contribution in [2.45, 2.75) is 0 Å². The van der Waals surface area contributed by atoms with Gasteiger partial charge in [0.25, 0.3) is 5.69 Å². The minimum absolute atomic E-state index is 0.000697. The van der Waals surface area contributed by atoms with Crippen molar-refractivity contribution in [1.29, 1.82) is 0 Å². The zero-order valence-corrected chi connectivity index (χ0v) is 9.74. The molecule has 0 N–H and O–H groups in total. The highest BCUT2D eigenvalue weighted by atomic mass is 19.1. The molecule has 7 nitrogen and oxygen atoms in total. The van der Waals surface area contributed by atoms with Gasteiger partial charge in [0.2, 0.25) is 0 Å². The van der Waals surface area contributed by atoms with E-state index in [1.54, 1.807) is 0 Å². The van der Waals surface area contributed by atoms with Crippen molar-refractivity contribution in [3.63, 3.8) is 0 Å². The molecule has 1 aromatic heterocycles. The van der Waals surface area contributed by atoms with E-state index in [0.717, 1.165) is 16.8 Å². The van der Waals surface area contributed by atoms with E-state index in [2.05, 4.69) is 9.84 Å². The zero-order chi connectivity index (χ0) is 14.0. The number of benzene rings is 1. The summed E-state index contributed by atoms with van der Waals surface area (Å²) in [5, 5.41) is 14.3. The van der Waals surface area contributed by atoms with E-state index in [0.29, 0.717) is 0 Å². The molecule has 0 spiro atoms. The molecule has 0 saturated carbocycles. The minimum atomic E-state index is -0.811. The standard InChI is InChI=1S/C11H8FN3O4/c1-19-11(16)7-5-13-14(6-7)10-3-2-8(15(17)18)4-9(10)12/h2-6H,1H3. The Morgan fingerprint density at radius 3 is 2.84 bits per heavy atom. The van der Waals surface area contributed by atoms with Crippen LogP contribution in [0.2, 0.25) is 0 Å². The average Bonchev–Trinajstić information content (AvgIpc) is 2.87. The van der Waals surface area contributed by atoms with Crippen LogP contribution in [0, 0.1) is 15.9 Å². The van der Waals surface area contributed by atoms with Gasteiger partial charge in [-0.25, -0.2) is 13.9 Å². The summed E-state index contributed by atoms with van der Waals surface area (Å²) < 4.78 is 19.3. The molecule has 1 heterocycles. The SMILES string of the molecule is COC(=O)c1cnn(-c2ccc([N+](=O)[O-])cc2F)c1. The summed E-state index contributed by atoms with van der Waals surface area (Å²) in [6.07, 6.45) is 2.49. The minimum Gasteiger partial charge on any atom is -0.465 e. The molecule has 0 amide bonds. The molecule has 0 saturated heterocycles. The second kappa shape index (κ2) is 4.84. The molecule has 19 heavy (non-hydrogen) atoms. The second-order valence-electron chi connectivity index (χ2n) is 3.56. The molecule has 1 aromatic carbocycles. The van der Waals surface area contributed by atoms with Gasteiger partial charge < -0.3 is 4.74 Å². The summed E-state index contributed by atoms with van der Waals surface area (Å²) in [6, 6.07) is 3.15. The van der Waals surface area contributed by atoms with Crippen LogP contribution in [0.15, 0.2) is 30.6 Å². The predicted octanol–water partition coefficient (Wildman–Crippen LogP) is 1.71. The molecule has 0 bridgehead atoms. The van der Waals surface area contributed by atoms with Crippen LogP contribution in [0.25, 0.3) is 5.69 Å². The average molecular weight is 265 g/mol. The predicted molar refractivity (Wildman–Crippen MR) is 61.5 cm³/mol. The largest absolute Gasteiger partial charge is 0.465 e. The number of ether oxygens (including phenoxy) is 1. The number of carbonyl (C=O) groups excluding carboxylic acids is 1. The Morgan fingerprint density at radius 2 is 2.26 bits per heavy atom. The third kappa shape index (κ3) is 2.41. The van der Waals surface area contributed by atoms with Crippen molar-refractivity contribution in [3.05, 3.63) is 52.1 Å². The molecule has 2 aromatic rings. The third-order valence-corrected chi connectivity index (χ3v) is 2.39. The summed E-state index contributed by atoms with van der Waals surface area (Å²) >= 11 is 0. The van der Waals surface area contributed by atoms with E-state index < -0.39 is 16.7 Å². The Balaban J connectivity index is 2.39. The van der Waals surface area contributed by atoms with Crippen LogP contribution in [0.1, 0.15) is 10.4 Å². The maximum atomic E-state index is 13.7. The van der Waals surface area contributed by atoms with Crippen LogP contribution in [-0.4, -0.2) is 27.8 Å². The number of carbonyl (C=O) groups is 1. The van der Waals surface area contributed by atoms with Crippen LogP contribution in [0.5, 0.6) is 0 Å². The van der Waals surface area contributed by atoms with Gasteiger partial charge in [-0.1, -0.05) is 0 Å². The van der Waals surface area contributed by atoms with Gasteiger partial charge in [-0.3, -0.25) is 10.1 Å². The monoisotopic (exact) mass is 265 g/mol. The number of aromatic nitrogens is 2. The molecule has 0 atom stereocenters. The molecule has 0 radical (unpaired) electrons. The van der Waals surface area contributed by atoms with E-state index in [1.807, 2.05) is 0 Å². The quantitative estimate of drug-likeness (QED) is 0.479. The second-order valence-corrected chi connectivity index (χ2v) is 3.56. The van der Waals surface area contributed by atoms with Crippen molar-refractivity contribution in [1.82, 2.24) is 9.78 Å². The third-order valence-electron chi connectivity index (χ3n) is 2.39. The molecule has 0 aliphatic carbocycles. The summed E-state index contributed by atoms with van der Waals surface area (Å²) in [5.41, 5.74) is -0.206. The maximum absolute atomic E-state index is 13.7. The van der Waals surface area contributed by atoms with Crippen molar-refractivity contribution in [2.75, 3.05) is 7.11 Å². The molecule has 0 fully saturated rings. The van der Waals surface area contributed by atoms with Gasteiger partial charge in [0.15, 0.2) is 5.82 Å².